The third-order valence-electron chi connectivity index (χ3n) is 2.24. The average molecular weight is 234 g/mol. The number of para-hydroxylation sites is 1. The molecular formula is C10H10N4O3. The van der Waals surface area contributed by atoms with Gasteiger partial charge in [0.05, 0.1) is 5.69 Å². The smallest absolute Gasteiger partial charge is 0.321 e. The maximum absolute atomic E-state index is 11.9. The molecule has 0 aliphatic heterocycles. The molecule has 0 saturated carbocycles. The largest absolute Gasteiger partial charge is 0.359 e. The molecule has 0 amide bonds. The van der Waals surface area contributed by atoms with E-state index in [0.717, 1.165) is 4.57 Å². The van der Waals surface area contributed by atoms with Gasteiger partial charge in [0.2, 0.25) is 0 Å². The molecule has 0 spiro atoms. The summed E-state index contributed by atoms with van der Waals surface area (Å²) in [5.41, 5.74) is 0.487. The van der Waals surface area contributed by atoms with Crippen molar-refractivity contribution in [1.82, 2.24) is 14.2 Å². The number of H-pyrrole nitrogens is 1. The van der Waals surface area contributed by atoms with Crippen LogP contribution in [0.3, 0.4) is 0 Å². The second-order valence-corrected chi connectivity index (χ2v) is 3.25. The molecule has 0 aliphatic carbocycles. The Morgan fingerprint density at radius 3 is 2.29 bits per heavy atom. The Balaban J connectivity index is 2.85. The average Bonchev–Trinajstić information content (AvgIpc) is 2.30. The third-order valence-corrected chi connectivity index (χ3v) is 2.24. The number of rotatable bonds is 2. The predicted octanol–water partition coefficient (Wildman–Crippen LogP) is -1.14. The lowest BCUT2D eigenvalue weighted by Gasteiger charge is -2.07. The lowest BCUT2D eigenvalue weighted by molar-refractivity contribution is 0.670. The van der Waals surface area contributed by atoms with E-state index >= 15 is 0 Å². The van der Waals surface area contributed by atoms with E-state index in [2.05, 4.69) is 5.43 Å². The van der Waals surface area contributed by atoms with Crippen LogP contribution in [0, 0.1) is 0 Å². The summed E-state index contributed by atoms with van der Waals surface area (Å²) in [6.07, 6.45) is 0. The number of hydrogen-bond donors (Lipinski definition) is 2. The highest BCUT2D eigenvalue weighted by atomic mass is 16.2. The van der Waals surface area contributed by atoms with Gasteiger partial charge in [-0.25, -0.2) is 19.0 Å². The summed E-state index contributed by atoms with van der Waals surface area (Å²) >= 11 is 0. The van der Waals surface area contributed by atoms with Gasteiger partial charge < -0.3 is 5.43 Å². The maximum Gasteiger partial charge on any atom is 0.359 e. The summed E-state index contributed by atoms with van der Waals surface area (Å²) in [5, 5.41) is 0. The van der Waals surface area contributed by atoms with Gasteiger partial charge in [-0.15, -0.1) is 0 Å². The number of aromatic amines is 1. The Labute approximate surface area is 94.9 Å². The van der Waals surface area contributed by atoms with E-state index in [4.69, 9.17) is 0 Å². The molecule has 0 unspecified atom stereocenters. The molecule has 0 atom stereocenters. The number of aromatic nitrogens is 3. The van der Waals surface area contributed by atoms with Gasteiger partial charge in [0.15, 0.2) is 0 Å². The molecule has 0 bridgehead atoms. The first-order chi connectivity index (χ1) is 8.15. The standard InChI is InChI=1S/C10H10N4O3/c1-11-14-9(16)12-8(15)13(10(14)17)7-5-3-2-4-6-7/h2-6,11H,1H3,(H,12,15,16). The zero-order chi connectivity index (χ0) is 12.4. The van der Waals surface area contributed by atoms with E-state index in [1.165, 1.54) is 7.05 Å². The third kappa shape index (κ3) is 1.78. The zero-order valence-corrected chi connectivity index (χ0v) is 9.01. The molecule has 1 aromatic heterocycles. The minimum Gasteiger partial charge on any atom is -0.321 e. The first-order valence-corrected chi connectivity index (χ1v) is 4.86. The number of hydrogen-bond acceptors (Lipinski definition) is 4. The molecule has 0 fully saturated rings. The Bertz CT molecular complexity index is 696. The fraction of sp³-hybridized carbons (Fsp3) is 0.100. The maximum atomic E-state index is 11.9. The van der Waals surface area contributed by atoms with Crippen molar-refractivity contribution in [2.75, 3.05) is 12.5 Å². The van der Waals surface area contributed by atoms with Crippen molar-refractivity contribution in [2.45, 2.75) is 0 Å². The minimum atomic E-state index is -0.797. The van der Waals surface area contributed by atoms with Crippen molar-refractivity contribution in [3.05, 3.63) is 61.8 Å². The Morgan fingerprint density at radius 1 is 1.06 bits per heavy atom. The van der Waals surface area contributed by atoms with Crippen molar-refractivity contribution in [2.24, 2.45) is 0 Å². The van der Waals surface area contributed by atoms with E-state index < -0.39 is 17.1 Å². The Morgan fingerprint density at radius 2 is 1.71 bits per heavy atom. The molecule has 2 N–H and O–H groups in total. The van der Waals surface area contributed by atoms with Crippen molar-refractivity contribution in [3.8, 4) is 5.69 Å². The number of nitrogens with one attached hydrogen (secondary N) is 2. The second-order valence-electron chi connectivity index (χ2n) is 3.25. The van der Waals surface area contributed by atoms with Crippen LogP contribution in [0.2, 0.25) is 0 Å². The van der Waals surface area contributed by atoms with Crippen molar-refractivity contribution < 1.29 is 0 Å². The molecule has 0 saturated heterocycles. The van der Waals surface area contributed by atoms with Crippen molar-refractivity contribution >= 4 is 0 Å². The van der Waals surface area contributed by atoms with E-state index in [9.17, 15) is 14.4 Å². The van der Waals surface area contributed by atoms with Crippen LogP contribution < -0.4 is 22.5 Å². The molecular weight excluding hydrogens is 224 g/mol. The first-order valence-electron chi connectivity index (χ1n) is 4.86. The van der Waals surface area contributed by atoms with Gasteiger partial charge in [0, 0.05) is 7.05 Å². The molecule has 0 radical (unpaired) electrons. The fourth-order valence-electron chi connectivity index (χ4n) is 1.48. The van der Waals surface area contributed by atoms with Crippen LogP contribution in [0.4, 0.5) is 0 Å². The van der Waals surface area contributed by atoms with Gasteiger partial charge in [-0.05, 0) is 12.1 Å². The molecule has 2 aromatic rings. The van der Waals surface area contributed by atoms with Gasteiger partial charge in [0.25, 0.3) is 0 Å². The molecule has 0 aliphatic rings. The van der Waals surface area contributed by atoms with Crippen LogP contribution in [-0.4, -0.2) is 21.3 Å². The van der Waals surface area contributed by atoms with Crippen LogP contribution in [0.15, 0.2) is 44.7 Å². The lowest BCUT2D eigenvalue weighted by atomic mass is 10.3. The van der Waals surface area contributed by atoms with Crippen LogP contribution in [0.5, 0.6) is 0 Å². The summed E-state index contributed by atoms with van der Waals surface area (Å²) in [6.45, 7) is 0. The van der Waals surface area contributed by atoms with Gasteiger partial charge in [-0.1, -0.05) is 18.2 Å². The van der Waals surface area contributed by atoms with Crippen LogP contribution >= 0.6 is 0 Å². The highest BCUT2D eigenvalue weighted by molar-refractivity contribution is 5.30. The second kappa shape index (κ2) is 4.12. The summed E-state index contributed by atoms with van der Waals surface area (Å²) < 4.78 is 1.59. The minimum absolute atomic E-state index is 0.391. The van der Waals surface area contributed by atoms with E-state index in [-0.39, 0.29) is 0 Å². The highest BCUT2D eigenvalue weighted by Gasteiger charge is 2.09. The van der Waals surface area contributed by atoms with E-state index in [1.54, 1.807) is 30.3 Å². The van der Waals surface area contributed by atoms with E-state index in [1.807, 2.05) is 4.98 Å². The molecule has 7 nitrogen and oxygen atoms in total. The van der Waals surface area contributed by atoms with Crippen LogP contribution in [-0.2, 0) is 0 Å². The Hall–Kier alpha value is -2.57. The van der Waals surface area contributed by atoms with E-state index in [0.29, 0.717) is 10.4 Å². The molecule has 2 rings (SSSR count). The molecule has 7 heteroatoms. The highest BCUT2D eigenvalue weighted by Crippen LogP contribution is 1.98. The normalized spacial score (nSPS) is 10.2. The zero-order valence-electron chi connectivity index (χ0n) is 9.01. The van der Waals surface area contributed by atoms with Gasteiger partial charge in [-0.2, -0.15) is 4.68 Å². The quantitative estimate of drug-likeness (QED) is 0.687. The summed E-state index contributed by atoms with van der Waals surface area (Å²) in [6, 6.07) is 8.34. The Kier molecular flexibility index (Phi) is 2.65. The van der Waals surface area contributed by atoms with Gasteiger partial charge in [0.1, 0.15) is 0 Å². The summed E-state index contributed by atoms with van der Waals surface area (Å²) in [4.78, 5) is 36.8. The predicted molar refractivity (Wildman–Crippen MR) is 62.2 cm³/mol. The fourth-order valence-corrected chi connectivity index (χ4v) is 1.48. The molecule has 1 aromatic carbocycles. The lowest BCUT2D eigenvalue weighted by Crippen LogP contribution is -2.51. The van der Waals surface area contributed by atoms with Gasteiger partial charge >= 0.3 is 17.1 Å². The SMILES string of the molecule is CNn1c(=O)[nH]c(=O)n(-c2ccccc2)c1=O. The molecule has 88 valence electrons. The monoisotopic (exact) mass is 234 g/mol. The first kappa shape index (κ1) is 10.9. The molecule has 1 heterocycles. The van der Waals surface area contributed by atoms with Crippen molar-refractivity contribution in [3.63, 3.8) is 0 Å². The number of nitrogens with zero attached hydrogens (tertiary/aromatic N) is 2. The van der Waals surface area contributed by atoms with Crippen LogP contribution in [0.25, 0.3) is 5.69 Å². The van der Waals surface area contributed by atoms with Gasteiger partial charge in [-0.3, -0.25) is 4.98 Å². The number of benzene rings is 1. The topological polar surface area (TPSA) is 88.9 Å². The van der Waals surface area contributed by atoms with Crippen LogP contribution in [0.1, 0.15) is 0 Å². The van der Waals surface area contributed by atoms with Crippen molar-refractivity contribution in [1.29, 1.82) is 0 Å². The molecule has 17 heavy (non-hydrogen) atoms. The summed E-state index contributed by atoms with van der Waals surface area (Å²) in [5.74, 6) is 0. The summed E-state index contributed by atoms with van der Waals surface area (Å²) in [7, 11) is 1.41.